The molecule has 0 saturated carbocycles. The highest BCUT2D eigenvalue weighted by molar-refractivity contribution is 6.19. The molecule has 0 fully saturated rings. The Hall–Kier alpha value is -2.13. The first kappa shape index (κ1) is 12.3. The van der Waals surface area contributed by atoms with E-state index in [0.717, 1.165) is 16.3 Å². The number of hydrogen-bond donors (Lipinski definition) is 1. The van der Waals surface area contributed by atoms with Crippen LogP contribution in [0.4, 0.5) is 0 Å². The van der Waals surface area contributed by atoms with Crippen molar-refractivity contribution >= 4 is 22.3 Å². The van der Waals surface area contributed by atoms with Gasteiger partial charge in [0.05, 0.1) is 12.2 Å². The molecule has 0 bridgehead atoms. The van der Waals surface area contributed by atoms with Gasteiger partial charge in [-0.3, -0.25) is 0 Å². The van der Waals surface area contributed by atoms with Gasteiger partial charge in [-0.05, 0) is 16.3 Å². The molecule has 2 aromatic rings. The molecule has 0 atom stereocenters. The second-order valence-electron chi connectivity index (χ2n) is 3.86. The van der Waals surface area contributed by atoms with Crippen molar-refractivity contribution in [2.24, 2.45) is 0 Å². The SMILES string of the molecule is C=C(C(=O)OCCO)c1cccc2ccccc12. The van der Waals surface area contributed by atoms with Gasteiger partial charge < -0.3 is 9.84 Å². The maximum atomic E-state index is 11.7. The maximum Gasteiger partial charge on any atom is 0.338 e. The molecule has 0 amide bonds. The molecule has 18 heavy (non-hydrogen) atoms. The zero-order valence-electron chi connectivity index (χ0n) is 9.93. The number of benzene rings is 2. The fraction of sp³-hybridized carbons (Fsp3) is 0.133. The van der Waals surface area contributed by atoms with Gasteiger partial charge in [-0.2, -0.15) is 0 Å². The zero-order chi connectivity index (χ0) is 13.0. The second-order valence-corrected chi connectivity index (χ2v) is 3.86. The standard InChI is InChI=1S/C15H14O3/c1-11(15(17)18-10-9-16)13-8-4-6-12-5-2-3-7-14(12)13/h2-8,16H,1,9-10H2. The van der Waals surface area contributed by atoms with Crippen molar-refractivity contribution < 1.29 is 14.6 Å². The predicted molar refractivity (Wildman–Crippen MR) is 71.0 cm³/mol. The van der Waals surface area contributed by atoms with Crippen LogP contribution in [-0.4, -0.2) is 24.3 Å². The Balaban J connectivity index is 2.36. The Labute approximate surface area is 105 Å². The van der Waals surface area contributed by atoms with Crippen molar-refractivity contribution in [3.8, 4) is 0 Å². The molecule has 0 aliphatic heterocycles. The van der Waals surface area contributed by atoms with Gasteiger partial charge in [-0.1, -0.05) is 49.0 Å². The van der Waals surface area contributed by atoms with Crippen LogP contribution in [0.25, 0.3) is 16.3 Å². The number of hydrogen-bond acceptors (Lipinski definition) is 3. The smallest absolute Gasteiger partial charge is 0.338 e. The Morgan fingerprint density at radius 2 is 1.89 bits per heavy atom. The molecule has 0 aliphatic carbocycles. The largest absolute Gasteiger partial charge is 0.460 e. The summed E-state index contributed by atoms with van der Waals surface area (Å²) in [5, 5.41) is 10.6. The molecule has 0 heterocycles. The van der Waals surface area contributed by atoms with Gasteiger partial charge in [0.25, 0.3) is 0 Å². The van der Waals surface area contributed by atoms with Crippen molar-refractivity contribution in [3.05, 3.63) is 54.6 Å². The van der Waals surface area contributed by atoms with Gasteiger partial charge in [0.1, 0.15) is 6.61 Å². The Morgan fingerprint density at radius 3 is 2.67 bits per heavy atom. The third-order valence-electron chi connectivity index (χ3n) is 2.69. The summed E-state index contributed by atoms with van der Waals surface area (Å²) < 4.78 is 4.87. The molecule has 0 radical (unpaired) electrons. The van der Waals surface area contributed by atoms with E-state index >= 15 is 0 Å². The molecule has 2 aromatic carbocycles. The van der Waals surface area contributed by atoms with Crippen LogP contribution in [0.2, 0.25) is 0 Å². The predicted octanol–water partition coefficient (Wildman–Crippen LogP) is 2.39. The van der Waals surface area contributed by atoms with Gasteiger partial charge >= 0.3 is 5.97 Å². The first-order valence-corrected chi connectivity index (χ1v) is 5.69. The van der Waals surface area contributed by atoms with E-state index in [1.807, 2.05) is 42.5 Å². The van der Waals surface area contributed by atoms with Crippen molar-refractivity contribution in [3.63, 3.8) is 0 Å². The fourth-order valence-electron chi connectivity index (χ4n) is 1.82. The van der Waals surface area contributed by atoms with Gasteiger partial charge in [0.15, 0.2) is 0 Å². The fourth-order valence-corrected chi connectivity index (χ4v) is 1.82. The highest BCUT2D eigenvalue weighted by Crippen LogP contribution is 2.24. The van der Waals surface area contributed by atoms with E-state index in [9.17, 15) is 4.79 Å². The summed E-state index contributed by atoms with van der Waals surface area (Å²) in [6.45, 7) is 3.57. The van der Waals surface area contributed by atoms with Crippen LogP contribution in [0.3, 0.4) is 0 Å². The molecule has 2 rings (SSSR count). The number of esters is 1. The van der Waals surface area contributed by atoms with Crippen molar-refractivity contribution in [1.82, 2.24) is 0 Å². The summed E-state index contributed by atoms with van der Waals surface area (Å²) >= 11 is 0. The van der Waals surface area contributed by atoms with Crippen LogP contribution in [-0.2, 0) is 9.53 Å². The summed E-state index contributed by atoms with van der Waals surface area (Å²) in [5.41, 5.74) is 1.07. The summed E-state index contributed by atoms with van der Waals surface area (Å²) in [6.07, 6.45) is 0. The Bertz CT molecular complexity index is 582. The van der Waals surface area contributed by atoms with Gasteiger partial charge in [0.2, 0.25) is 0 Å². The van der Waals surface area contributed by atoms with E-state index in [1.165, 1.54) is 0 Å². The second kappa shape index (κ2) is 5.47. The molecule has 0 aromatic heterocycles. The summed E-state index contributed by atoms with van der Waals surface area (Å²) in [4.78, 5) is 11.7. The molecule has 92 valence electrons. The van der Waals surface area contributed by atoms with E-state index in [2.05, 4.69) is 6.58 Å². The molecule has 0 saturated heterocycles. The molecular weight excluding hydrogens is 228 g/mol. The maximum absolute atomic E-state index is 11.7. The minimum atomic E-state index is -0.500. The van der Waals surface area contributed by atoms with Crippen LogP contribution in [0.5, 0.6) is 0 Å². The third-order valence-corrected chi connectivity index (χ3v) is 2.69. The van der Waals surface area contributed by atoms with E-state index in [-0.39, 0.29) is 13.2 Å². The molecule has 3 nitrogen and oxygen atoms in total. The number of carbonyl (C=O) groups excluding carboxylic acids is 1. The number of ether oxygens (including phenoxy) is 1. The third kappa shape index (κ3) is 2.41. The molecule has 3 heteroatoms. The van der Waals surface area contributed by atoms with Gasteiger partial charge in [-0.25, -0.2) is 4.79 Å². The number of aliphatic hydroxyl groups excluding tert-OH is 1. The van der Waals surface area contributed by atoms with Gasteiger partial charge in [-0.15, -0.1) is 0 Å². The van der Waals surface area contributed by atoms with Crippen molar-refractivity contribution in [1.29, 1.82) is 0 Å². The lowest BCUT2D eigenvalue weighted by molar-refractivity contribution is -0.137. The molecular formula is C15H14O3. The Kier molecular flexibility index (Phi) is 3.75. The van der Waals surface area contributed by atoms with Crippen LogP contribution >= 0.6 is 0 Å². The molecule has 0 unspecified atom stereocenters. The van der Waals surface area contributed by atoms with E-state index in [0.29, 0.717) is 5.57 Å². The first-order chi connectivity index (χ1) is 8.74. The quantitative estimate of drug-likeness (QED) is 0.661. The average molecular weight is 242 g/mol. The first-order valence-electron chi connectivity index (χ1n) is 5.69. The number of rotatable bonds is 4. The van der Waals surface area contributed by atoms with Crippen LogP contribution in [0.15, 0.2) is 49.0 Å². The van der Waals surface area contributed by atoms with Gasteiger partial charge in [0, 0.05) is 0 Å². The van der Waals surface area contributed by atoms with E-state index in [1.54, 1.807) is 0 Å². The molecule has 0 spiro atoms. The highest BCUT2D eigenvalue weighted by atomic mass is 16.5. The van der Waals surface area contributed by atoms with Crippen LogP contribution in [0.1, 0.15) is 5.56 Å². The highest BCUT2D eigenvalue weighted by Gasteiger charge is 2.13. The molecule has 0 aliphatic rings. The number of fused-ring (bicyclic) bond motifs is 1. The lowest BCUT2D eigenvalue weighted by atomic mass is 9.99. The van der Waals surface area contributed by atoms with Crippen molar-refractivity contribution in [2.45, 2.75) is 0 Å². The summed E-state index contributed by atoms with van der Waals surface area (Å²) in [5.74, 6) is -0.500. The minimum Gasteiger partial charge on any atom is -0.460 e. The minimum absolute atomic E-state index is 0.0113. The van der Waals surface area contributed by atoms with Crippen LogP contribution < -0.4 is 0 Å². The lowest BCUT2D eigenvalue weighted by Gasteiger charge is -2.09. The lowest BCUT2D eigenvalue weighted by Crippen LogP contribution is -2.09. The Morgan fingerprint density at radius 1 is 1.17 bits per heavy atom. The number of carbonyl (C=O) groups is 1. The monoisotopic (exact) mass is 242 g/mol. The van der Waals surface area contributed by atoms with E-state index < -0.39 is 5.97 Å². The van der Waals surface area contributed by atoms with Crippen LogP contribution in [0, 0.1) is 0 Å². The molecule has 1 N–H and O–H groups in total. The average Bonchev–Trinajstić information content (AvgIpc) is 2.43. The summed E-state index contributed by atoms with van der Waals surface area (Å²) in [6, 6.07) is 13.5. The topological polar surface area (TPSA) is 46.5 Å². The summed E-state index contributed by atoms with van der Waals surface area (Å²) in [7, 11) is 0. The van der Waals surface area contributed by atoms with Crippen molar-refractivity contribution in [2.75, 3.05) is 13.2 Å². The van der Waals surface area contributed by atoms with E-state index in [4.69, 9.17) is 9.84 Å². The normalized spacial score (nSPS) is 10.3. The number of aliphatic hydroxyl groups is 1. The zero-order valence-corrected chi connectivity index (χ0v) is 9.93.